The van der Waals surface area contributed by atoms with Crippen molar-refractivity contribution in [1.82, 2.24) is 4.98 Å². The van der Waals surface area contributed by atoms with Gasteiger partial charge in [-0.05, 0) is 30.4 Å². The molecule has 0 aliphatic carbocycles. The van der Waals surface area contributed by atoms with Crippen molar-refractivity contribution < 1.29 is 0 Å². The lowest BCUT2D eigenvalue weighted by Crippen LogP contribution is -1.78. The number of thioether (sulfide) groups is 1. The summed E-state index contributed by atoms with van der Waals surface area (Å²) >= 11 is 3.66. The Bertz CT molecular complexity index is 408. The lowest BCUT2D eigenvalue weighted by molar-refractivity contribution is 0.896. The maximum absolute atomic E-state index is 4.27. The molecule has 0 N–H and O–H groups in total. The van der Waals surface area contributed by atoms with Crippen LogP contribution in [0, 0.1) is 0 Å². The predicted octanol–water partition coefficient (Wildman–Crippen LogP) is 4.19. The van der Waals surface area contributed by atoms with E-state index in [-0.39, 0.29) is 0 Å². The SMILES string of the molecule is CCCCSc1ccc2ncsc2c1. The van der Waals surface area contributed by atoms with E-state index in [0.29, 0.717) is 0 Å². The van der Waals surface area contributed by atoms with E-state index < -0.39 is 0 Å². The van der Waals surface area contributed by atoms with Crippen LogP contribution in [0.3, 0.4) is 0 Å². The van der Waals surface area contributed by atoms with Crippen molar-refractivity contribution in [3.8, 4) is 0 Å². The largest absolute Gasteiger partial charge is 0.245 e. The standard InChI is InChI=1S/C11H13NS2/c1-2-3-6-13-9-4-5-10-11(7-9)14-8-12-10/h4-5,7-8H,2-3,6H2,1H3. The molecule has 74 valence electrons. The van der Waals surface area contributed by atoms with E-state index in [1.807, 2.05) is 17.3 Å². The number of aromatic nitrogens is 1. The van der Waals surface area contributed by atoms with Gasteiger partial charge in [-0.15, -0.1) is 23.1 Å². The Morgan fingerprint density at radius 3 is 3.21 bits per heavy atom. The van der Waals surface area contributed by atoms with E-state index in [2.05, 4.69) is 30.1 Å². The van der Waals surface area contributed by atoms with Crippen molar-refractivity contribution in [3.05, 3.63) is 23.7 Å². The van der Waals surface area contributed by atoms with Gasteiger partial charge in [-0.25, -0.2) is 4.98 Å². The Morgan fingerprint density at radius 2 is 2.36 bits per heavy atom. The summed E-state index contributed by atoms with van der Waals surface area (Å²) in [6.45, 7) is 2.23. The molecule has 0 bridgehead atoms. The zero-order valence-corrected chi connectivity index (χ0v) is 9.83. The summed E-state index contributed by atoms with van der Waals surface area (Å²) in [5, 5.41) is 0. The van der Waals surface area contributed by atoms with Crippen LogP contribution in [0.15, 0.2) is 28.6 Å². The van der Waals surface area contributed by atoms with E-state index >= 15 is 0 Å². The zero-order valence-electron chi connectivity index (χ0n) is 8.19. The van der Waals surface area contributed by atoms with Gasteiger partial charge in [0.25, 0.3) is 0 Å². The Labute approximate surface area is 92.6 Å². The van der Waals surface area contributed by atoms with Crippen LogP contribution in [-0.4, -0.2) is 10.7 Å². The molecule has 0 radical (unpaired) electrons. The molecular weight excluding hydrogens is 210 g/mol. The number of thiazole rings is 1. The van der Waals surface area contributed by atoms with Crippen molar-refractivity contribution in [1.29, 1.82) is 0 Å². The van der Waals surface area contributed by atoms with Crippen LogP contribution in [0.1, 0.15) is 19.8 Å². The first-order valence-electron chi connectivity index (χ1n) is 4.86. The van der Waals surface area contributed by atoms with Crippen LogP contribution in [0.25, 0.3) is 10.2 Å². The fourth-order valence-electron chi connectivity index (χ4n) is 1.26. The molecule has 1 aromatic heterocycles. The van der Waals surface area contributed by atoms with Crippen molar-refractivity contribution in [2.24, 2.45) is 0 Å². The Kier molecular flexibility index (Phi) is 3.43. The van der Waals surface area contributed by atoms with Crippen molar-refractivity contribution in [2.75, 3.05) is 5.75 Å². The molecule has 0 unspecified atom stereocenters. The van der Waals surface area contributed by atoms with E-state index in [1.165, 1.54) is 28.2 Å². The van der Waals surface area contributed by atoms with Crippen LogP contribution in [0.4, 0.5) is 0 Å². The average molecular weight is 223 g/mol. The van der Waals surface area contributed by atoms with Crippen LogP contribution < -0.4 is 0 Å². The molecule has 2 aromatic rings. The summed E-state index contributed by atoms with van der Waals surface area (Å²) in [6, 6.07) is 6.52. The molecule has 14 heavy (non-hydrogen) atoms. The topological polar surface area (TPSA) is 12.9 Å². The molecule has 0 spiro atoms. The molecule has 0 aliphatic rings. The minimum absolute atomic E-state index is 1.12. The number of fused-ring (bicyclic) bond motifs is 1. The first kappa shape index (κ1) is 9.99. The van der Waals surface area contributed by atoms with Gasteiger partial charge in [0.1, 0.15) is 0 Å². The predicted molar refractivity (Wildman–Crippen MR) is 65.3 cm³/mol. The molecule has 1 heterocycles. The van der Waals surface area contributed by atoms with Crippen molar-refractivity contribution >= 4 is 33.3 Å². The minimum atomic E-state index is 1.12. The third-order valence-corrected chi connectivity index (χ3v) is 3.94. The normalized spacial score (nSPS) is 10.9. The van der Waals surface area contributed by atoms with Gasteiger partial charge < -0.3 is 0 Å². The van der Waals surface area contributed by atoms with Gasteiger partial charge in [-0.2, -0.15) is 0 Å². The van der Waals surface area contributed by atoms with E-state index in [1.54, 1.807) is 11.3 Å². The second-order valence-corrected chi connectivity index (χ2v) is 5.24. The smallest absolute Gasteiger partial charge is 0.0812 e. The first-order chi connectivity index (χ1) is 6.90. The highest BCUT2D eigenvalue weighted by atomic mass is 32.2. The molecule has 0 fully saturated rings. The quantitative estimate of drug-likeness (QED) is 0.569. The van der Waals surface area contributed by atoms with Gasteiger partial charge >= 0.3 is 0 Å². The Morgan fingerprint density at radius 1 is 1.43 bits per heavy atom. The second kappa shape index (κ2) is 4.80. The third-order valence-electron chi connectivity index (χ3n) is 2.07. The zero-order chi connectivity index (χ0) is 9.80. The van der Waals surface area contributed by atoms with E-state index in [9.17, 15) is 0 Å². The summed E-state index contributed by atoms with van der Waals surface area (Å²) in [5.74, 6) is 1.22. The molecule has 0 saturated heterocycles. The summed E-state index contributed by atoms with van der Waals surface area (Å²) < 4.78 is 1.30. The van der Waals surface area contributed by atoms with E-state index in [0.717, 1.165) is 5.52 Å². The Balaban J connectivity index is 2.10. The number of hydrogen-bond acceptors (Lipinski definition) is 3. The second-order valence-electron chi connectivity index (χ2n) is 3.18. The van der Waals surface area contributed by atoms with Crippen molar-refractivity contribution in [3.63, 3.8) is 0 Å². The molecule has 1 nitrogen and oxygen atoms in total. The third kappa shape index (κ3) is 2.28. The highest BCUT2D eigenvalue weighted by molar-refractivity contribution is 7.99. The highest BCUT2D eigenvalue weighted by Crippen LogP contribution is 2.25. The Hall–Kier alpha value is -0.540. The van der Waals surface area contributed by atoms with Gasteiger partial charge in [-0.1, -0.05) is 13.3 Å². The lowest BCUT2D eigenvalue weighted by Gasteiger charge is -1.99. The van der Waals surface area contributed by atoms with Crippen LogP contribution in [-0.2, 0) is 0 Å². The number of benzene rings is 1. The van der Waals surface area contributed by atoms with Crippen molar-refractivity contribution in [2.45, 2.75) is 24.7 Å². The number of unbranched alkanes of at least 4 members (excludes halogenated alkanes) is 1. The summed E-state index contributed by atoms with van der Waals surface area (Å²) in [7, 11) is 0. The molecule has 0 amide bonds. The fourth-order valence-corrected chi connectivity index (χ4v) is 3.08. The van der Waals surface area contributed by atoms with E-state index in [4.69, 9.17) is 0 Å². The monoisotopic (exact) mass is 223 g/mol. The van der Waals surface area contributed by atoms with Gasteiger partial charge in [0.2, 0.25) is 0 Å². The van der Waals surface area contributed by atoms with Gasteiger partial charge in [-0.3, -0.25) is 0 Å². The molecule has 3 heteroatoms. The van der Waals surface area contributed by atoms with Gasteiger partial charge in [0, 0.05) is 4.90 Å². The molecule has 0 atom stereocenters. The minimum Gasteiger partial charge on any atom is -0.245 e. The summed E-state index contributed by atoms with van der Waals surface area (Å²) in [5.41, 5.74) is 3.03. The highest BCUT2D eigenvalue weighted by Gasteiger charge is 1.98. The van der Waals surface area contributed by atoms with Gasteiger partial charge in [0.05, 0.1) is 15.7 Å². The first-order valence-corrected chi connectivity index (χ1v) is 6.72. The number of hydrogen-bond donors (Lipinski definition) is 0. The van der Waals surface area contributed by atoms with Gasteiger partial charge in [0.15, 0.2) is 0 Å². The molecule has 1 aromatic carbocycles. The van der Waals surface area contributed by atoms with Crippen LogP contribution in [0.2, 0.25) is 0 Å². The number of rotatable bonds is 4. The molecular formula is C11H13NS2. The van der Waals surface area contributed by atoms with Crippen LogP contribution in [0.5, 0.6) is 0 Å². The maximum Gasteiger partial charge on any atom is 0.0812 e. The molecule has 0 saturated carbocycles. The summed E-state index contributed by atoms with van der Waals surface area (Å²) in [6.07, 6.45) is 2.57. The molecule has 0 aliphatic heterocycles. The summed E-state index contributed by atoms with van der Waals surface area (Å²) in [4.78, 5) is 5.64. The molecule has 2 rings (SSSR count). The number of nitrogens with zero attached hydrogens (tertiary/aromatic N) is 1. The van der Waals surface area contributed by atoms with Crippen LogP contribution >= 0.6 is 23.1 Å². The fraction of sp³-hybridized carbons (Fsp3) is 0.364. The average Bonchev–Trinajstić information content (AvgIpc) is 2.65. The lowest BCUT2D eigenvalue weighted by atomic mass is 10.3. The maximum atomic E-state index is 4.27.